The lowest BCUT2D eigenvalue weighted by Crippen LogP contribution is -2.21. The van der Waals surface area contributed by atoms with E-state index in [1.54, 1.807) is 11.1 Å². The van der Waals surface area contributed by atoms with Crippen molar-refractivity contribution in [1.82, 2.24) is 5.32 Å². The third-order valence-electron chi connectivity index (χ3n) is 3.52. The van der Waals surface area contributed by atoms with E-state index < -0.39 is 0 Å². The van der Waals surface area contributed by atoms with Crippen LogP contribution >= 0.6 is 0 Å². The summed E-state index contributed by atoms with van der Waals surface area (Å²) in [7, 11) is 0. The van der Waals surface area contributed by atoms with Crippen molar-refractivity contribution in [3.8, 4) is 0 Å². The Balaban J connectivity index is 1.89. The first-order valence-corrected chi connectivity index (χ1v) is 5.69. The minimum Gasteiger partial charge on any atom is -0.307 e. The second-order valence-corrected chi connectivity index (χ2v) is 4.67. The van der Waals surface area contributed by atoms with Crippen molar-refractivity contribution < 1.29 is 0 Å². The monoisotopic (exact) mass is 187 g/mol. The highest BCUT2D eigenvalue weighted by Crippen LogP contribution is 2.35. The van der Waals surface area contributed by atoms with Gasteiger partial charge in [0.25, 0.3) is 0 Å². The highest BCUT2D eigenvalue weighted by molar-refractivity contribution is 5.40. The first-order chi connectivity index (χ1) is 6.84. The van der Waals surface area contributed by atoms with Crippen LogP contribution in [0.25, 0.3) is 0 Å². The van der Waals surface area contributed by atoms with Gasteiger partial charge < -0.3 is 5.32 Å². The molecule has 1 aromatic carbocycles. The topological polar surface area (TPSA) is 12.0 Å². The fraction of sp³-hybridized carbons (Fsp3) is 0.538. The van der Waals surface area contributed by atoms with Crippen molar-refractivity contribution in [1.29, 1.82) is 0 Å². The molecule has 3 rings (SSSR count). The normalized spacial score (nSPS) is 25.1. The number of fused-ring (bicyclic) bond motifs is 1. The van der Waals surface area contributed by atoms with Crippen molar-refractivity contribution in [3.05, 3.63) is 34.9 Å². The van der Waals surface area contributed by atoms with Crippen molar-refractivity contribution in [3.63, 3.8) is 0 Å². The lowest BCUT2D eigenvalue weighted by Gasteiger charge is -2.13. The predicted molar refractivity (Wildman–Crippen MR) is 58.4 cm³/mol. The van der Waals surface area contributed by atoms with Gasteiger partial charge >= 0.3 is 0 Å². The van der Waals surface area contributed by atoms with Gasteiger partial charge in [-0.15, -0.1) is 0 Å². The molecule has 0 bridgehead atoms. The maximum Gasteiger partial charge on any atom is 0.0328 e. The molecule has 0 amide bonds. The second kappa shape index (κ2) is 3.09. The summed E-state index contributed by atoms with van der Waals surface area (Å²) < 4.78 is 0. The fourth-order valence-corrected chi connectivity index (χ4v) is 2.54. The first-order valence-electron chi connectivity index (χ1n) is 5.69. The number of benzene rings is 1. The van der Waals surface area contributed by atoms with Crippen LogP contribution in [0.5, 0.6) is 0 Å². The number of rotatable bonds is 2. The molecule has 0 spiro atoms. The van der Waals surface area contributed by atoms with Crippen molar-refractivity contribution >= 4 is 0 Å². The molecule has 2 aliphatic rings. The van der Waals surface area contributed by atoms with Gasteiger partial charge in [0.05, 0.1) is 0 Å². The lowest BCUT2D eigenvalue weighted by atomic mass is 10.0. The first kappa shape index (κ1) is 8.49. The molecule has 1 nitrogen and oxygen atoms in total. The largest absolute Gasteiger partial charge is 0.307 e. The summed E-state index contributed by atoms with van der Waals surface area (Å²) >= 11 is 0. The van der Waals surface area contributed by atoms with Crippen molar-refractivity contribution in [2.45, 2.75) is 44.7 Å². The van der Waals surface area contributed by atoms with Gasteiger partial charge in [0, 0.05) is 12.1 Å². The van der Waals surface area contributed by atoms with Gasteiger partial charge in [-0.25, -0.2) is 0 Å². The Bertz CT molecular complexity index is 352. The van der Waals surface area contributed by atoms with E-state index in [0.29, 0.717) is 6.04 Å². The molecule has 0 radical (unpaired) electrons. The summed E-state index contributed by atoms with van der Waals surface area (Å²) in [5, 5.41) is 3.74. The molecule has 74 valence electrons. The Labute approximate surface area is 85.5 Å². The molecule has 1 heteroatoms. The minimum atomic E-state index is 0.650. The average molecular weight is 187 g/mol. The maximum atomic E-state index is 3.74. The summed E-state index contributed by atoms with van der Waals surface area (Å²) in [4.78, 5) is 0. The summed E-state index contributed by atoms with van der Waals surface area (Å²) in [6.45, 7) is 2.23. The van der Waals surface area contributed by atoms with Gasteiger partial charge in [0.1, 0.15) is 0 Å². The molecule has 0 heterocycles. The maximum absolute atomic E-state index is 3.74. The third-order valence-corrected chi connectivity index (χ3v) is 3.52. The lowest BCUT2D eigenvalue weighted by molar-refractivity contribution is 0.527. The zero-order valence-electron chi connectivity index (χ0n) is 8.72. The molecule has 1 aromatic rings. The van der Waals surface area contributed by atoms with Crippen LogP contribution in [0, 0.1) is 6.92 Å². The number of nitrogens with one attached hydrogen (secondary N) is 1. The van der Waals surface area contributed by atoms with E-state index in [2.05, 4.69) is 30.4 Å². The van der Waals surface area contributed by atoms with Crippen LogP contribution in [0.4, 0.5) is 0 Å². The zero-order chi connectivity index (χ0) is 9.54. The molecular weight excluding hydrogens is 170 g/mol. The molecule has 1 N–H and O–H groups in total. The molecule has 14 heavy (non-hydrogen) atoms. The molecule has 0 saturated heterocycles. The Morgan fingerprint density at radius 1 is 1.21 bits per heavy atom. The molecular formula is C13H17N. The smallest absolute Gasteiger partial charge is 0.0328 e. The van der Waals surface area contributed by atoms with Gasteiger partial charge in [0.15, 0.2) is 0 Å². The minimum absolute atomic E-state index is 0.650. The van der Waals surface area contributed by atoms with Crippen LogP contribution in [0.2, 0.25) is 0 Å². The Morgan fingerprint density at radius 2 is 2.07 bits per heavy atom. The van der Waals surface area contributed by atoms with Crippen molar-refractivity contribution in [2.75, 3.05) is 0 Å². The Hall–Kier alpha value is -0.820. The number of aryl methyl sites for hydroxylation is 1. The van der Waals surface area contributed by atoms with E-state index in [1.807, 2.05) is 0 Å². The fourth-order valence-electron chi connectivity index (χ4n) is 2.54. The Kier molecular flexibility index (Phi) is 1.88. The highest BCUT2D eigenvalue weighted by atomic mass is 15.0. The van der Waals surface area contributed by atoms with Gasteiger partial charge in [-0.05, 0) is 49.3 Å². The van der Waals surface area contributed by atoms with Crippen LogP contribution in [-0.4, -0.2) is 6.04 Å². The van der Waals surface area contributed by atoms with E-state index in [0.717, 1.165) is 6.04 Å². The van der Waals surface area contributed by atoms with Crippen LogP contribution in [0.15, 0.2) is 18.2 Å². The Morgan fingerprint density at radius 3 is 2.86 bits per heavy atom. The van der Waals surface area contributed by atoms with Gasteiger partial charge in [-0.1, -0.05) is 18.2 Å². The summed E-state index contributed by atoms with van der Waals surface area (Å²) in [6, 6.07) is 8.21. The highest BCUT2D eigenvalue weighted by Gasteiger charge is 2.29. The van der Waals surface area contributed by atoms with E-state index >= 15 is 0 Å². The van der Waals surface area contributed by atoms with E-state index in [-0.39, 0.29) is 0 Å². The quantitative estimate of drug-likeness (QED) is 0.750. The standard InChI is InChI=1S/C13H17N/c1-9-3-2-4-12-11(9)7-8-13(12)14-10-5-6-10/h2-4,10,13-14H,5-8H2,1H3. The molecule has 1 unspecified atom stereocenters. The zero-order valence-corrected chi connectivity index (χ0v) is 8.72. The van der Waals surface area contributed by atoms with Gasteiger partial charge in [-0.3, -0.25) is 0 Å². The van der Waals surface area contributed by atoms with Crippen LogP contribution < -0.4 is 5.32 Å². The van der Waals surface area contributed by atoms with Crippen LogP contribution in [0.1, 0.15) is 42.0 Å². The molecule has 1 saturated carbocycles. The number of hydrogen-bond acceptors (Lipinski definition) is 1. The molecule has 2 aliphatic carbocycles. The summed E-state index contributed by atoms with van der Waals surface area (Å²) in [5.74, 6) is 0. The van der Waals surface area contributed by atoms with E-state index in [1.165, 1.54) is 31.2 Å². The van der Waals surface area contributed by atoms with E-state index in [9.17, 15) is 0 Å². The van der Waals surface area contributed by atoms with Gasteiger partial charge in [0.2, 0.25) is 0 Å². The molecule has 0 aliphatic heterocycles. The third kappa shape index (κ3) is 1.36. The molecule has 1 atom stereocenters. The van der Waals surface area contributed by atoms with Crippen molar-refractivity contribution in [2.24, 2.45) is 0 Å². The molecule has 0 aromatic heterocycles. The average Bonchev–Trinajstić information content (AvgIpc) is 2.88. The SMILES string of the molecule is Cc1cccc2c1CCC2NC1CC1. The van der Waals surface area contributed by atoms with Crippen LogP contribution in [0.3, 0.4) is 0 Å². The van der Waals surface area contributed by atoms with Gasteiger partial charge in [-0.2, -0.15) is 0 Å². The predicted octanol–water partition coefficient (Wildman–Crippen LogP) is 2.73. The van der Waals surface area contributed by atoms with Crippen LogP contribution in [-0.2, 0) is 6.42 Å². The summed E-state index contributed by atoms with van der Waals surface area (Å²) in [6.07, 6.45) is 5.35. The second-order valence-electron chi connectivity index (χ2n) is 4.67. The summed E-state index contributed by atoms with van der Waals surface area (Å²) in [5.41, 5.74) is 4.64. The number of hydrogen-bond donors (Lipinski definition) is 1. The van der Waals surface area contributed by atoms with E-state index in [4.69, 9.17) is 0 Å². The molecule has 1 fully saturated rings.